The highest BCUT2D eigenvalue weighted by Gasteiger charge is 2.54. The van der Waals surface area contributed by atoms with Crippen LogP contribution in [0.5, 0.6) is 0 Å². The van der Waals surface area contributed by atoms with Crippen LogP contribution in [0, 0.1) is 11.8 Å². The Balaban J connectivity index is 2.03. The Labute approximate surface area is 147 Å². The molecule has 3 heterocycles. The summed E-state index contributed by atoms with van der Waals surface area (Å²) in [7, 11) is 0. The van der Waals surface area contributed by atoms with Gasteiger partial charge in [0, 0.05) is 18.4 Å². The molecule has 0 aliphatic carbocycles. The minimum atomic E-state index is -1.38. The van der Waals surface area contributed by atoms with Crippen LogP contribution in [0.15, 0.2) is 23.8 Å². The zero-order valence-electron chi connectivity index (χ0n) is 15.2. The van der Waals surface area contributed by atoms with Gasteiger partial charge in [0.25, 0.3) is 0 Å². The molecule has 2 saturated heterocycles. The van der Waals surface area contributed by atoms with Crippen LogP contribution in [-0.4, -0.2) is 40.6 Å². The fourth-order valence-corrected chi connectivity index (χ4v) is 3.87. The summed E-state index contributed by atoms with van der Waals surface area (Å²) in [5, 5.41) is 10.8. The van der Waals surface area contributed by atoms with Gasteiger partial charge in [-0.25, -0.2) is 4.79 Å². The Morgan fingerprint density at radius 1 is 1.44 bits per heavy atom. The average Bonchev–Trinajstić information content (AvgIpc) is 2.97. The highest BCUT2D eigenvalue weighted by Crippen LogP contribution is 2.47. The highest BCUT2D eigenvalue weighted by atomic mass is 16.6. The number of hydrogen-bond acceptors (Lipinski definition) is 6. The van der Waals surface area contributed by atoms with E-state index in [0.717, 1.165) is 0 Å². The van der Waals surface area contributed by atoms with Gasteiger partial charge < -0.3 is 19.3 Å². The quantitative estimate of drug-likeness (QED) is 0.467. The van der Waals surface area contributed by atoms with Gasteiger partial charge in [0.2, 0.25) is 0 Å². The maximum absolute atomic E-state index is 12.2. The molecule has 2 bridgehead atoms. The largest absolute Gasteiger partial charge is 0.461 e. The summed E-state index contributed by atoms with van der Waals surface area (Å²) >= 11 is 0. The molecule has 3 aliphatic heterocycles. The molecule has 0 saturated carbocycles. The van der Waals surface area contributed by atoms with Gasteiger partial charge in [-0.15, -0.1) is 0 Å². The van der Waals surface area contributed by atoms with Crippen molar-refractivity contribution in [2.75, 3.05) is 0 Å². The molecule has 6 heteroatoms. The minimum absolute atomic E-state index is 0.288. The fourth-order valence-electron chi connectivity index (χ4n) is 3.87. The summed E-state index contributed by atoms with van der Waals surface area (Å²) < 4.78 is 17.2. The molecule has 0 aromatic rings. The summed E-state index contributed by atoms with van der Waals surface area (Å²) in [6.07, 6.45) is 1.92. The predicted octanol–water partition coefficient (Wildman–Crippen LogP) is 2.26. The Bertz CT molecular complexity index is 650. The number of carbonyl (C=O) groups is 2. The van der Waals surface area contributed by atoms with E-state index in [1.807, 2.05) is 6.92 Å². The first kappa shape index (κ1) is 18.1. The van der Waals surface area contributed by atoms with Crippen molar-refractivity contribution in [3.05, 3.63) is 23.8 Å². The first-order valence-electron chi connectivity index (χ1n) is 8.76. The van der Waals surface area contributed by atoms with Gasteiger partial charge in [0.05, 0.1) is 17.4 Å². The second kappa shape index (κ2) is 5.95. The smallest absolute Gasteiger partial charge is 0.334 e. The van der Waals surface area contributed by atoms with E-state index >= 15 is 0 Å². The molecule has 0 aromatic heterocycles. The zero-order chi connectivity index (χ0) is 18.6. The fraction of sp³-hybridized carbons (Fsp3) is 0.684. The molecule has 138 valence electrons. The molecule has 6 nitrogen and oxygen atoms in total. The van der Waals surface area contributed by atoms with Crippen LogP contribution in [0.4, 0.5) is 0 Å². The summed E-state index contributed by atoms with van der Waals surface area (Å²) in [5.74, 6) is -2.98. The van der Waals surface area contributed by atoms with Crippen LogP contribution in [-0.2, 0) is 23.8 Å². The maximum atomic E-state index is 12.2. The molecule has 0 amide bonds. The summed E-state index contributed by atoms with van der Waals surface area (Å²) in [6.45, 7) is 11.0. The molecule has 0 spiro atoms. The molecule has 1 N–H and O–H groups in total. The lowest BCUT2D eigenvalue weighted by Crippen LogP contribution is -2.40. The van der Waals surface area contributed by atoms with Crippen LogP contribution in [0.2, 0.25) is 0 Å². The van der Waals surface area contributed by atoms with E-state index in [-0.39, 0.29) is 11.9 Å². The Morgan fingerprint density at radius 2 is 2.12 bits per heavy atom. The minimum Gasteiger partial charge on any atom is -0.461 e. The normalized spacial score (nSPS) is 42.8. The van der Waals surface area contributed by atoms with Crippen molar-refractivity contribution in [2.45, 2.75) is 70.6 Å². The van der Waals surface area contributed by atoms with Gasteiger partial charge in [0.1, 0.15) is 12.2 Å². The summed E-state index contributed by atoms with van der Waals surface area (Å²) in [5.41, 5.74) is 0.237. The molecule has 2 fully saturated rings. The standard InChI is InChI=1S/C19H26O6/c1-10(2)16(20)24-14-9-18(5)6-7-19(22,25-18)11(3)8-13-15(14)12(4)17(21)23-13/h8,10,13-15,22H,4,6-7,9H2,1-3,5H3/b11-8-/t13-,14-,15+,18+,19+/m1/s1. The van der Waals surface area contributed by atoms with Crippen LogP contribution in [0.25, 0.3) is 0 Å². The van der Waals surface area contributed by atoms with Crippen LogP contribution >= 0.6 is 0 Å². The van der Waals surface area contributed by atoms with Crippen molar-refractivity contribution < 1.29 is 28.9 Å². The number of carbonyl (C=O) groups excluding carboxylic acids is 2. The van der Waals surface area contributed by atoms with E-state index < -0.39 is 35.5 Å². The lowest BCUT2D eigenvalue weighted by molar-refractivity contribution is -0.203. The Hall–Kier alpha value is -1.66. The zero-order valence-corrected chi connectivity index (χ0v) is 15.2. The third kappa shape index (κ3) is 3.13. The third-order valence-electron chi connectivity index (χ3n) is 5.47. The van der Waals surface area contributed by atoms with Gasteiger partial charge in [0.15, 0.2) is 5.79 Å². The number of esters is 2. The van der Waals surface area contributed by atoms with Gasteiger partial charge in [-0.1, -0.05) is 20.4 Å². The van der Waals surface area contributed by atoms with E-state index in [0.29, 0.717) is 30.4 Å². The van der Waals surface area contributed by atoms with Crippen molar-refractivity contribution >= 4 is 11.9 Å². The maximum Gasteiger partial charge on any atom is 0.334 e. The SMILES string of the molecule is C=C1C(=O)O[C@@H]2/C=C(/C)[C@]3(O)CC[C@@](C)(C[C@@H](OC(=O)C(C)C)[C@@H]12)O3. The molecule has 0 unspecified atom stereocenters. The van der Waals surface area contributed by atoms with Crippen molar-refractivity contribution in [2.24, 2.45) is 11.8 Å². The van der Waals surface area contributed by atoms with Crippen LogP contribution in [0.3, 0.4) is 0 Å². The molecule has 0 radical (unpaired) electrons. The first-order valence-corrected chi connectivity index (χ1v) is 8.76. The summed E-state index contributed by atoms with van der Waals surface area (Å²) in [6, 6.07) is 0. The number of ether oxygens (including phenoxy) is 3. The molecule has 25 heavy (non-hydrogen) atoms. The van der Waals surface area contributed by atoms with E-state index in [9.17, 15) is 14.7 Å². The molecule has 5 atom stereocenters. The highest BCUT2D eigenvalue weighted by molar-refractivity contribution is 5.91. The van der Waals surface area contributed by atoms with Crippen molar-refractivity contribution in [3.8, 4) is 0 Å². The Morgan fingerprint density at radius 3 is 2.76 bits per heavy atom. The van der Waals surface area contributed by atoms with Crippen LogP contribution in [0.1, 0.15) is 47.0 Å². The van der Waals surface area contributed by atoms with E-state index in [1.54, 1.807) is 26.8 Å². The number of fused-ring (bicyclic) bond motifs is 3. The first-order chi connectivity index (χ1) is 11.5. The molecule has 0 aromatic carbocycles. The number of hydrogen-bond donors (Lipinski definition) is 1. The van der Waals surface area contributed by atoms with E-state index in [4.69, 9.17) is 14.2 Å². The molecular formula is C19H26O6. The van der Waals surface area contributed by atoms with Gasteiger partial charge in [-0.05, 0) is 31.9 Å². The van der Waals surface area contributed by atoms with Gasteiger partial charge in [-0.3, -0.25) is 4.79 Å². The summed E-state index contributed by atoms with van der Waals surface area (Å²) in [4.78, 5) is 24.3. The lowest BCUT2D eigenvalue weighted by atomic mass is 9.81. The average molecular weight is 350 g/mol. The Kier molecular flexibility index (Phi) is 4.32. The third-order valence-corrected chi connectivity index (χ3v) is 5.47. The lowest BCUT2D eigenvalue weighted by Gasteiger charge is -2.33. The van der Waals surface area contributed by atoms with Crippen molar-refractivity contribution in [3.63, 3.8) is 0 Å². The molecule has 3 rings (SSSR count). The monoisotopic (exact) mass is 350 g/mol. The van der Waals surface area contributed by atoms with Crippen molar-refractivity contribution in [1.29, 1.82) is 0 Å². The molecule has 3 aliphatic rings. The topological polar surface area (TPSA) is 82.1 Å². The second-order valence-electron chi connectivity index (χ2n) is 7.94. The van der Waals surface area contributed by atoms with Crippen molar-refractivity contribution in [1.82, 2.24) is 0 Å². The van der Waals surface area contributed by atoms with E-state index in [2.05, 4.69) is 6.58 Å². The van der Waals surface area contributed by atoms with E-state index in [1.165, 1.54) is 0 Å². The molecular weight excluding hydrogens is 324 g/mol. The van der Waals surface area contributed by atoms with Crippen LogP contribution < -0.4 is 0 Å². The predicted molar refractivity (Wildman–Crippen MR) is 89.3 cm³/mol. The van der Waals surface area contributed by atoms with Gasteiger partial charge in [-0.2, -0.15) is 0 Å². The number of rotatable bonds is 2. The number of aliphatic hydroxyl groups is 1. The van der Waals surface area contributed by atoms with Gasteiger partial charge >= 0.3 is 11.9 Å². The second-order valence-corrected chi connectivity index (χ2v) is 7.94.